The maximum absolute atomic E-state index is 12.4. The molecule has 0 amide bonds. The molecule has 26 heavy (non-hydrogen) atoms. The third-order valence-corrected chi connectivity index (χ3v) is 4.11. The van der Waals surface area contributed by atoms with Crippen LogP contribution in [0.4, 0.5) is 13.2 Å². The quantitative estimate of drug-likeness (QED) is 0.557. The van der Waals surface area contributed by atoms with Crippen molar-refractivity contribution in [1.82, 2.24) is 19.7 Å². The van der Waals surface area contributed by atoms with E-state index in [2.05, 4.69) is 15.1 Å². The normalized spacial score (nSPS) is 11.9. The number of hydrogen-bond donors (Lipinski definition) is 0. The minimum absolute atomic E-state index is 0.0457. The summed E-state index contributed by atoms with van der Waals surface area (Å²) in [6.07, 6.45) is -2.49. The summed E-state index contributed by atoms with van der Waals surface area (Å²) in [5.74, 6) is 0.385. The number of ether oxygens (including phenoxy) is 1. The number of fused-ring (bicyclic) bond motifs is 1. The van der Waals surface area contributed by atoms with Crippen molar-refractivity contribution in [2.75, 3.05) is 0 Å². The van der Waals surface area contributed by atoms with Gasteiger partial charge < -0.3 is 4.74 Å². The minimum atomic E-state index is -4.22. The fourth-order valence-corrected chi connectivity index (χ4v) is 2.81. The molecule has 1 aromatic carbocycles. The van der Waals surface area contributed by atoms with Gasteiger partial charge in [0.25, 0.3) is 0 Å². The zero-order chi connectivity index (χ0) is 18.9. The van der Waals surface area contributed by atoms with Gasteiger partial charge in [-0.2, -0.15) is 18.3 Å². The van der Waals surface area contributed by atoms with E-state index in [0.717, 1.165) is 5.56 Å². The first-order chi connectivity index (χ1) is 12.2. The third kappa shape index (κ3) is 4.19. The van der Waals surface area contributed by atoms with Gasteiger partial charge in [0.05, 0.1) is 17.4 Å². The summed E-state index contributed by atoms with van der Waals surface area (Å²) in [6, 6.07) is 3.58. The van der Waals surface area contributed by atoms with E-state index >= 15 is 0 Å². The van der Waals surface area contributed by atoms with Crippen molar-refractivity contribution in [3.05, 3.63) is 40.3 Å². The molecule has 3 rings (SSSR count). The molecule has 0 aliphatic rings. The highest BCUT2D eigenvalue weighted by atomic mass is 35.5. The monoisotopic (exact) mass is 404 g/mol. The van der Waals surface area contributed by atoms with E-state index in [1.54, 1.807) is 19.1 Å². The molecule has 0 atom stereocenters. The molecule has 0 aliphatic heterocycles. The Labute approximate surface area is 156 Å². The molecular weight excluding hydrogens is 392 g/mol. The molecule has 2 heterocycles. The van der Waals surface area contributed by atoms with Crippen molar-refractivity contribution in [1.29, 1.82) is 0 Å². The highest BCUT2D eigenvalue weighted by Crippen LogP contribution is 2.36. The van der Waals surface area contributed by atoms with E-state index in [-0.39, 0.29) is 24.1 Å². The molecule has 5 nitrogen and oxygen atoms in total. The van der Waals surface area contributed by atoms with Crippen LogP contribution in [0, 0.1) is 6.92 Å². The standard InChI is InChI=1S/C16H13Cl2F3N4O/c1-9-3-4-11-12(13(9)26-15-22-7-10(17)8-23-15)25(24-14(11)18)6-2-5-16(19,20)21/h3-4,7-8H,2,5-6H2,1H3. The van der Waals surface area contributed by atoms with E-state index in [9.17, 15) is 13.2 Å². The van der Waals surface area contributed by atoms with Gasteiger partial charge in [-0.1, -0.05) is 29.3 Å². The lowest BCUT2D eigenvalue weighted by Crippen LogP contribution is -2.10. The molecule has 0 saturated carbocycles. The summed E-state index contributed by atoms with van der Waals surface area (Å²) < 4.78 is 44.5. The van der Waals surface area contributed by atoms with Crippen LogP contribution < -0.4 is 4.74 Å². The number of halogens is 5. The maximum atomic E-state index is 12.4. The lowest BCUT2D eigenvalue weighted by molar-refractivity contribution is -0.135. The molecule has 0 bridgehead atoms. The Kier molecular flexibility index (Phi) is 5.24. The molecule has 3 aromatic rings. The van der Waals surface area contributed by atoms with Crippen molar-refractivity contribution < 1.29 is 17.9 Å². The van der Waals surface area contributed by atoms with Gasteiger partial charge in [-0.3, -0.25) is 4.68 Å². The maximum Gasteiger partial charge on any atom is 0.389 e. The first-order valence-electron chi connectivity index (χ1n) is 7.62. The lowest BCUT2D eigenvalue weighted by Gasteiger charge is -2.12. The van der Waals surface area contributed by atoms with Crippen LogP contribution in [0.5, 0.6) is 11.8 Å². The molecule has 0 fully saturated rings. The first kappa shape index (κ1) is 18.7. The van der Waals surface area contributed by atoms with E-state index in [1.807, 2.05) is 0 Å². The summed E-state index contributed by atoms with van der Waals surface area (Å²) in [7, 11) is 0. The molecule has 0 spiro atoms. The number of alkyl halides is 3. The van der Waals surface area contributed by atoms with Crippen LogP contribution in [0.15, 0.2) is 24.5 Å². The Morgan fingerprint density at radius 1 is 1.15 bits per heavy atom. The number of nitrogens with zero attached hydrogens (tertiary/aromatic N) is 4. The van der Waals surface area contributed by atoms with E-state index < -0.39 is 12.6 Å². The predicted octanol–water partition coefficient (Wildman–Crippen LogP) is 5.58. The second kappa shape index (κ2) is 7.28. The van der Waals surface area contributed by atoms with Crippen LogP contribution in [0.3, 0.4) is 0 Å². The van der Waals surface area contributed by atoms with Gasteiger partial charge in [-0.25, -0.2) is 9.97 Å². The Morgan fingerprint density at radius 2 is 1.85 bits per heavy atom. The summed E-state index contributed by atoms with van der Waals surface area (Å²) in [6.45, 7) is 1.84. The van der Waals surface area contributed by atoms with Gasteiger partial charge in [0, 0.05) is 18.4 Å². The molecular formula is C16H13Cl2F3N4O. The largest absolute Gasteiger partial charge is 0.422 e. The summed E-state index contributed by atoms with van der Waals surface area (Å²) in [5, 5.41) is 5.26. The third-order valence-electron chi connectivity index (χ3n) is 3.64. The summed E-state index contributed by atoms with van der Waals surface area (Å²) in [4.78, 5) is 7.95. The number of aryl methyl sites for hydroxylation is 2. The van der Waals surface area contributed by atoms with Crippen LogP contribution in [0.1, 0.15) is 18.4 Å². The zero-order valence-corrected chi connectivity index (χ0v) is 15.0. The second-order valence-corrected chi connectivity index (χ2v) is 6.42. The van der Waals surface area contributed by atoms with E-state index in [1.165, 1.54) is 17.1 Å². The van der Waals surface area contributed by atoms with Gasteiger partial charge in [0.1, 0.15) is 5.52 Å². The molecule has 0 N–H and O–H groups in total. The molecule has 0 aliphatic carbocycles. The molecule has 0 unspecified atom stereocenters. The van der Waals surface area contributed by atoms with Crippen molar-refractivity contribution in [2.24, 2.45) is 0 Å². The number of hydrogen-bond acceptors (Lipinski definition) is 4. The van der Waals surface area contributed by atoms with Crippen LogP contribution in [-0.2, 0) is 6.54 Å². The van der Waals surface area contributed by atoms with E-state index in [0.29, 0.717) is 21.7 Å². The number of benzene rings is 1. The summed E-state index contributed by atoms with van der Waals surface area (Å²) in [5.41, 5.74) is 1.24. The lowest BCUT2D eigenvalue weighted by atomic mass is 10.1. The SMILES string of the molecule is Cc1ccc2c(Cl)nn(CCCC(F)(F)F)c2c1Oc1ncc(Cl)cn1. The summed E-state index contributed by atoms with van der Waals surface area (Å²) >= 11 is 11.9. The Morgan fingerprint density at radius 3 is 2.50 bits per heavy atom. The molecule has 0 saturated heterocycles. The van der Waals surface area contributed by atoms with Crippen molar-refractivity contribution >= 4 is 34.1 Å². The van der Waals surface area contributed by atoms with Crippen LogP contribution >= 0.6 is 23.2 Å². The minimum Gasteiger partial charge on any atom is -0.422 e. The Hall–Kier alpha value is -2.06. The van der Waals surface area contributed by atoms with Crippen LogP contribution in [0.2, 0.25) is 10.2 Å². The van der Waals surface area contributed by atoms with Gasteiger partial charge in [-0.15, -0.1) is 0 Å². The molecule has 2 aromatic heterocycles. The molecule has 138 valence electrons. The predicted molar refractivity (Wildman–Crippen MR) is 91.9 cm³/mol. The smallest absolute Gasteiger partial charge is 0.389 e. The van der Waals surface area contributed by atoms with Gasteiger partial charge >= 0.3 is 12.2 Å². The Bertz CT molecular complexity index is 926. The van der Waals surface area contributed by atoms with Crippen molar-refractivity contribution in [3.8, 4) is 11.8 Å². The average Bonchev–Trinajstić information content (AvgIpc) is 2.87. The van der Waals surface area contributed by atoms with Crippen molar-refractivity contribution in [3.63, 3.8) is 0 Å². The van der Waals surface area contributed by atoms with Crippen LogP contribution in [-0.4, -0.2) is 25.9 Å². The highest BCUT2D eigenvalue weighted by molar-refractivity contribution is 6.34. The van der Waals surface area contributed by atoms with Gasteiger partial charge in [0.15, 0.2) is 10.9 Å². The fraction of sp³-hybridized carbons (Fsp3) is 0.312. The second-order valence-electron chi connectivity index (χ2n) is 5.63. The van der Waals surface area contributed by atoms with Gasteiger partial charge in [0.2, 0.25) is 0 Å². The molecule has 0 radical (unpaired) electrons. The van der Waals surface area contributed by atoms with Crippen LogP contribution in [0.25, 0.3) is 10.9 Å². The molecule has 10 heteroatoms. The topological polar surface area (TPSA) is 52.8 Å². The van der Waals surface area contributed by atoms with Gasteiger partial charge in [-0.05, 0) is 25.0 Å². The fourth-order valence-electron chi connectivity index (χ4n) is 2.47. The zero-order valence-electron chi connectivity index (χ0n) is 13.5. The highest BCUT2D eigenvalue weighted by Gasteiger charge is 2.26. The number of rotatable bonds is 5. The van der Waals surface area contributed by atoms with Crippen molar-refractivity contribution in [2.45, 2.75) is 32.5 Å². The Balaban J connectivity index is 1.98. The first-order valence-corrected chi connectivity index (χ1v) is 8.38. The van der Waals surface area contributed by atoms with E-state index in [4.69, 9.17) is 27.9 Å². The average molecular weight is 405 g/mol. The number of aromatic nitrogens is 4.